The molecule has 2 aromatic rings. The Morgan fingerprint density at radius 2 is 2.27 bits per heavy atom. The number of rotatable bonds is 6. The molecule has 0 spiro atoms. The zero-order valence-corrected chi connectivity index (χ0v) is 12.6. The summed E-state index contributed by atoms with van der Waals surface area (Å²) in [6.45, 7) is 4.52. The molecule has 1 unspecified atom stereocenters. The number of aromatic nitrogens is 3. The maximum Gasteiger partial charge on any atom is 0.251 e. The summed E-state index contributed by atoms with van der Waals surface area (Å²) in [6, 6.07) is 4.92. The highest BCUT2D eigenvalue weighted by atomic mass is 16.5. The number of hydrogen-bond donors (Lipinski definition) is 4. The largest absolute Gasteiger partial charge is 0.492 e. The summed E-state index contributed by atoms with van der Waals surface area (Å²) in [5.41, 5.74) is 12.3. The second-order valence-corrected chi connectivity index (χ2v) is 4.89. The first-order valence-electron chi connectivity index (χ1n) is 6.93. The van der Waals surface area contributed by atoms with Gasteiger partial charge in [0.25, 0.3) is 5.91 Å². The van der Waals surface area contributed by atoms with Gasteiger partial charge in [0.1, 0.15) is 18.2 Å². The molecule has 0 aliphatic carbocycles. The zero-order chi connectivity index (χ0) is 16.1. The van der Waals surface area contributed by atoms with Crippen molar-refractivity contribution in [3.8, 4) is 5.75 Å². The smallest absolute Gasteiger partial charge is 0.251 e. The van der Waals surface area contributed by atoms with E-state index in [-0.39, 0.29) is 17.9 Å². The number of benzene rings is 1. The fraction of sp³-hybridized carbons (Fsp3) is 0.357. The van der Waals surface area contributed by atoms with Crippen LogP contribution in [0, 0.1) is 6.92 Å². The van der Waals surface area contributed by atoms with Crippen LogP contribution in [0.3, 0.4) is 0 Å². The Labute approximate surface area is 128 Å². The number of nitrogens with one attached hydrogen (secondary N) is 2. The van der Waals surface area contributed by atoms with E-state index in [1.807, 2.05) is 13.0 Å². The molecule has 0 saturated carbocycles. The highest BCUT2D eigenvalue weighted by molar-refractivity contribution is 5.94. The summed E-state index contributed by atoms with van der Waals surface area (Å²) in [5.74, 6) is 1.05. The van der Waals surface area contributed by atoms with Crippen molar-refractivity contribution in [3.05, 3.63) is 35.2 Å². The molecule has 0 aliphatic rings. The van der Waals surface area contributed by atoms with Crippen molar-refractivity contribution in [3.63, 3.8) is 0 Å². The van der Waals surface area contributed by atoms with Gasteiger partial charge in [0.2, 0.25) is 5.95 Å². The molecule has 1 aromatic carbocycles. The van der Waals surface area contributed by atoms with Crippen molar-refractivity contribution in [1.82, 2.24) is 20.5 Å². The number of anilines is 1. The Bertz CT molecular complexity index is 655. The predicted octanol–water partition coefficient (Wildman–Crippen LogP) is 0.524. The number of nitrogen functional groups attached to an aromatic ring is 1. The Morgan fingerprint density at radius 1 is 1.50 bits per heavy atom. The molecule has 0 radical (unpaired) electrons. The van der Waals surface area contributed by atoms with Crippen LogP contribution in [0.1, 0.15) is 34.7 Å². The number of ether oxygens (including phenoxy) is 1. The van der Waals surface area contributed by atoms with E-state index >= 15 is 0 Å². The molecule has 0 fully saturated rings. The van der Waals surface area contributed by atoms with Gasteiger partial charge >= 0.3 is 0 Å². The van der Waals surface area contributed by atoms with Crippen molar-refractivity contribution in [2.75, 3.05) is 18.9 Å². The van der Waals surface area contributed by atoms with Crippen LogP contribution in [0.25, 0.3) is 0 Å². The molecule has 6 N–H and O–H groups in total. The maximum atomic E-state index is 12.3. The van der Waals surface area contributed by atoms with E-state index in [0.29, 0.717) is 30.3 Å². The molecule has 0 aliphatic heterocycles. The summed E-state index contributed by atoms with van der Waals surface area (Å²) in [5, 5.41) is 9.23. The number of hydrogen-bond acceptors (Lipinski definition) is 6. The van der Waals surface area contributed by atoms with E-state index in [1.54, 1.807) is 19.1 Å². The molecule has 1 heterocycles. The molecule has 1 amide bonds. The minimum atomic E-state index is -0.341. The summed E-state index contributed by atoms with van der Waals surface area (Å²) in [7, 11) is 0. The standard InChI is InChI=1S/C14H20N6O2/c1-8-3-4-10(7-11(8)22-6-5-15)13(21)17-9(2)12-18-14(16)20-19-12/h3-4,7,9H,5-6,15H2,1-2H3,(H,17,21)(H3,16,18,19,20). The lowest BCUT2D eigenvalue weighted by Gasteiger charge is -2.13. The highest BCUT2D eigenvalue weighted by Crippen LogP contribution is 2.20. The van der Waals surface area contributed by atoms with Gasteiger partial charge in [0.05, 0.1) is 6.04 Å². The summed E-state index contributed by atoms with van der Waals surface area (Å²) in [4.78, 5) is 16.3. The monoisotopic (exact) mass is 304 g/mol. The van der Waals surface area contributed by atoms with Crippen LogP contribution in [0.5, 0.6) is 5.75 Å². The minimum absolute atomic E-state index is 0.143. The fourth-order valence-corrected chi connectivity index (χ4v) is 1.90. The van der Waals surface area contributed by atoms with Crippen molar-refractivity contribution < 1.29 is 9.53 Å². The topological polar surface area (TPSA) is 132 Å². The van der Waals surface area contributed by atoms with E-state index in [1.165, 1.54) is 0 Å². The second kappa shape index (κ2) is 6.90. The van der Waals surface area contributed by atoms with Crippen molar-refractivity contribution in [2.24, 2.45) is 5.73 Å². The summed E-state index contributed by atoms with van der Waals surface area (Å²) >= 11 is 0. The molecule has 1 aromatic heterocycles. The van der Waals surface area contributed by atoms with E-state index in [4.69, 9.17) is 16.2 Å². The molecule has 0 saturated heterocycles. The van der Waals surface area contributed by atoms with Gasteiger partial charge in [-0.1, -0.05) is 6.07 Å². The van der Waals surface area contributed by atoms with Crippen LogP contribution < -0.4 is 21.5 Å². The Balaban J connectivity index is 2.08. The molecule has 0 bridgehead atoms. The molecule has 1 atom stereocenters. The van der Waals surface area contributed by atoms with Gasteiger partial charge < -0.3 is 21.5 Å². The van der Waals surface area contributed by atoms with Crippen LogP contribution in [-0.2, 0) is 0 Å². The van der Waals surface area contributed by atoms with Gasteiger partial charge in [-0.15, -0.1) is 5.10 Å². The van der Waals surface area contributed by atoms with Gasteiger partial charge in [-0.2, -0.15) is 4.98 Å². The molecular weight excluding hydrogens is 284 g/mol. The average Bonchev–Trinajstić information content (AvgIpc) is 2.93. The third kappa shape index (κ3) is 3.73. The van der Waals surface area contributed by atoms with Gasteiger partial charge in [-0.05, 0) is 31.5 Å². The predicted molar refractivity (Wildman–Crippen MR) is 82.4 cm³/mol. The van der Waals surface area contributed by atoms with Crippen LogP contribution in [0.2, 0.25) is 0 Å². The van der Waals surface area contributed by atoms with Gasteiger partial charge in [0.15, 0.2) is 0 Å². The Morgan fingerprint density at radius 3 is 2.91 bits per heavy atom. The molecular formula is C14H20N6O2. The number of carbonyl (C=O) groups excluding carboxylic acids is 1. The van der Waals surface area contributed by atoms with Crippen molar-refractivity contribution in [2.45, 2.75) is 19.9 Å². The molecule has 8 heteroatoms. The Hall–Kier alpha value is -2.61. The summed E-state index contributed by atoms with van der Waals surface area (Å²) < 4.78 is 5.52. The normalized spacial score (nSPS) is 12.0. The number of amides is 1. The van der Waals surface area contributed by atoms with E-state index in [2.05, 4.69) is 20.5 Å². The first kappa shape index (κ1) is 15.8. The lowest BCUT2D eigenvalue weighted by molar-refractivity contribution is 0.0938. The fourth-order valence-electron chi connectivity index (χ4n) is 1.90. The highest BCUT2D eigenvalue weighted by Gasteiger charge is 2.15. The average molecular weight is 304 g/mol. The van der Waals surface area contributed by atoms with Crippen LogP contribution in [0.4, 0.5) is 5.95 Å². The Kier molecular flexibility index (Phi) is 4.95. The first-order chi connectivity index (χ1) is 10.5. The van der Waals surface area contributed by atoms with Gasteiger partial charge in [-0.3, -0.25) is 9.89 Å². The number of aryl methyl sites for hydroxylation is 1. The first-order valence-corrected chi connectivity index (χ1v) is 6.93. The zero-order valence-electron chi connectivity index (χ0n) is 12.6. The number of carbonyl (C=O) groups is 1. The lowest BCUT2D eigenvalue weighted by Crippen LogP contribution is -2.27. The molecule has 8 nitrogen and oxygen atoms in total. The third-order valence-electron chi connectivity index (χ3n) is 3.10. The van der Waals surface area contributed by atoms with Gasteiger partial charge in [0, 0.05) is 12.1 Å². The number of H-pyrrole nitrogens is 1. The van der Waals surface area contributed by atoms with E-state index in [0.717, 1.165) is 5.56 Å². The number of nitrogens with zero attached hydrogens (tertiary/aromatic N) is 2. The molecule has 2 rings (SSSR count). The number of aromatic amines is 1. The van der Waals surface area contributed by atoms with Crippen LogP contribution in [-0.4, -0.2) is 34.2 Å². The van der Waals surface area contributed by atoms with E-state index < -0.39 is 0 Å². The second-order valence-electron chi connectivity index (χ2n) is 4.89. The van der Waals surface area contributed by atoms with E-state index in [9.17, 15) is 4.79 Å². The summed E-state index contributed by atoms with van der Waals surface area (Å²) in [6.07, 6.45) is 0. The van der Waals surface area contributed by atoms with Gasteiger partial charge in [-0.25, -0.2) is 0 Å². The quantitative estimate of drug-likeness (QED) is 0.615. The maximum absolute atomic E-state index is 12.3. The molecule has 22 heavy (non-hydrogen) atoms. The molecule has 118 valence electrons. The SMILES string of the molecule is Cc1ccc(C(=O)NC(C)c2nc(N)n[nH]2)cc1OCCN. The van der Waals surface area contributed by atoms with Crippen LogP contribution >= 0.6 is 0 Å². The number of nitrogens with two attached hydrogens (primary N) is 2. The third-order valence-corrected chi connectivity index (χ3v) is 3.10. The lowest BCUT2D eigenvalue weighted by atomic mass is 10.1. The minimum Gasteiger partial charge on any atom is -0.492 e. The van der Waals surface area contributed by atoms with Crippen molar-refractivity contribution in [1.29, 1.82) is 0 Å². The van der Waals surface area contributed by atoms with Crippen molar-refractivity contribution >= 4 is 11.9 Å². The van der Waals surface area contributed by atoms with Crippen LogP contribution in [0.15, 0.2) is 18.2 Å².